The Kier molecular flexibility index (Phi) is 7.10. The van der Waals surface area contributed by atoms with Gasteiger partial charge in [0, 0.05) is 43.4 Å². The first-order valence-electron chi connectivity index (χ1n) is 11.9. The highest BCUT2D eigenvalue weighted by atomic mass is 19.1. The minimum atomic E-state index is -0.862. The monoisotopic (exact) mass is 497 g/mol. The van der Waals surface area contributed by atoms with Crippen LogP contribution in [0.15, 0.2) is 30.6 Å². The van der Waals surface area contributed by atoms with Crippen LogP contribution in [0.3, 0.4) is 0 Å². The van der Waals surface area contributed by atoms with E-state index in [-0.39, 0.29) is 6.04 Å². The van der Waals surface area contributed by atoms with Crippen LogP contribution in [0.25, 0.3) is 11.0 Å². The van der Waals surface area contributed by atoms with Gasteiger partial charge in [0.25, 0.3) is 0 Å². The first-order valence-corrected chi connectivity index (χ1v) is 11.9. The zero-order valence-electron chi connectivity index (χ0n) is 19.9. The number of piperidine rings is 1. The summed E-state index contributed by atoms with van der Waals surface area (Å²) < 4.78 is 30.9. The molecule has 190 valence electrons. The fraction of sp³-hybridized carbons (Fsp3) is 0.440. The normalized spacial score (nSPS) is 19.8. The van der Waals surface area contributed by atoms with Crippen molar-refractivity contribution in [3.05, 3.63) is 47.7 Å². The van der Waals surface area contributed by atoms with E-state index in [0.29, 0.717) is 86.2 Å². The van der Waals surface area contributed by atoms with Crippen LogP contribution in [0.5, 0.6) is 17.4 Å². The Bertz CT molecular complexity index is 1260. The van der Waals surface area contributed by atoms with Crippen molar-refractivity contribution in [2.45, 2.75) is 25.4 Å². The second-order valence-corrected chi connectivity index (χ2v) is 8.90. The standard InChI is InChI=1S/C25H28FN5O5/c1-34-23-3-2-20-24(30-23)16(18(26)12-29-20)4-6-31-7-5-19(17(14-31)25(32)33)28-11-15-10-21-22(13-27-15)36-9-8-35-21/h2-3,10,12-13,17,19,28H,4-9,11,14H2,1H3,(H,32,33). The molecule has 0 bridgehead atoms. The lowest BCUT2D eigenvalue weighted by molar-refractivity contribution is -0.144. The van der Waals surface area contributed by atoms with Crippen LogP contribution < -0.4 is 19.5 Å². The molecular formula is C25H28FN5O5. The summed E-state index contributed by atoms with van der Waals surface area (Å²) in [5, 5.41) is 13.3. The van der Waals surface area contributed by atoms with Crippen LogP contribution in [0.4, 0.5) is 4.39 Å². The summed E-state index contributed by atoms with van der Waals surface area (Å²) in [6.07, 6.45) is 3.87. The van der Waals surface area contributed by atoms with Crippen molar-refractivity contribution in [2.75, 3.05) is 40.0 Å². The third kappa shape index (κ3) is 5.17. The average molecular weight is 498 g/mol. The van der Waals surface area contributed by atoms with E-state index in [0.717, 1.165) is 5.69 Å². The number of nitrogens with zero attached hydrogens (tertiary/aromatic N) is 4. The summed E-state index contributed by atoms with van der Waals surface area (Å²) in [4.78, 5) is 27.0. The van der Waals surface area contributed by atoms with Crippen LogP contribution in [-0.2, 0) is 17.8 Å². The molecular weight excluding hydrogens is 469 g/mol. The van der Waals surface area contributed by atoms with Gasteiger partial charge in [0.2, 0.25) is 5.88 Å². The van der Waals surface area contributed by atoms with E-state index >= 15 is 0 Å². The Morgan fingerprint density at radius 2 is 2.08 bits per heavy atom. The van der Waals surface area contributed by atoms with E-state index in [9.17, 15) is 14.3 Å². The lowest BCUT2D eigenvalue weighted by Crippen LogP contribution is -2.52. The first-order chi connectivity index (χ1) is 17.5. The van der Waals surface area contributed by atoms with E-state index in [1.54, 1.807) is 18.3 Å². The second kappa shape index (κ2) is 10.6. The molecule has 36 heavy (non-hydrogen) atoms. The molecule has 5 heterocycles. The van der Waals surface area contributed by atoms with Gasteiger partial charge in [-0.2, -0.15) is 0 Å². The molecule has 2 aliphatic rings. The van der Waals surface area contributed by atoms with Gasteiger partial charge in [-0.25, -0.2) is 9.37 Å². The molecule has 3 aromatic rings. The van der Waals surface area contributed by atoms with Gasteiger partial charge in [0.05, 0.1) is 42.1 Å². The minimum absolute atomic E-state index is 0.210. The summed E-state index contributed by atoms with van der Waals surface area (Å²) in [6, 6.07) is 5.05. The summed E-state index contributed by atoms with van der Waals surface area (Å²) in [6.45, 7) is 2.98. The number of hydrogen-bond donors (Lipinski definition) is 2. The number of pyridine rings is 3. The van der Waals surface area contributed by atoms with Crippen LogP contribution in [0.1, 0.15) is 17.7 Å². The van der Waals surface area contributed by atoms with Crippen LogP contribution >= 0.6 is 0 Å². The molecule has 2 atom stereocenters. The molecule has 1 saturated heterocycles. The number of methoxy groups -OCH3 is 1. The van der Waals surface area contributed by atoms with Gasteiger partial charge in [-0.1, -0.05) is 0 Å². The molecule has 10 nitrogen and oxygen atoms in total. The van der Waals surface area contributed by atoms with Crippen molar-refractivity contribution in [1.82, 2.24) is 25.2 Å². The van der Waals surface area contributed by atoms with Gasteiger partial charge < -0.3 is 29.5 Å². The molecule has 0 spiro atoms. The van der Waals surface area contributed by atoms with Gasteiger partial charge in [0.15, 0.2) is 11.5 Å². The molecule has 2 unspecified atom stereocenters. The number of ether oxygens (including phenoxy) is 3. The predicted molar refractivity (Wildman–Crippen MR) is 128 cm³/mol. The molecule has 11 heteroatoms. The maximum Gasteiger partial charge on any atom is 0.309 e. The molecule has 3 aromatic heterocycles. The molecule has 2 aliphatic heterocycles. The summed E-state index contributed by atoms with van der Waals surface area (Å²) in [5.41, 5.74) is 2.27. The van der Waals surface area contributed by atoms with Crippen molar-refractivity contribution in [3.8, 4) is 17.4 Å². The first kappa shape index (κ1) is 24.1. The number of carboxylic acids is 1. The van der Waals surface area contributed by atoms with Gasteiger partial charge in [0.1, 0.15) is 19.0 Å². The van der Waals surface area contributed by atoms with E-state index < -0.39 is 17.7 Å². The van der Waals surface area contributed by atoms with Gasteiger partial charge in [-0.3, -0.25) is 14.8 Å². The second-order valence-electron chi connectivity index (χ2n) is 8.90. The molecule has 0 saturated carbocycles. The quantitative estimate of drug-likeness (QED) is 0.479. The molecule has 0 aliphatic carbocycles. The number of carboxylic acid groups (broad SMARTS) is 1. The van der Waals surface area contributed by atoms with Crippen molar-refractivity contribution in [1.29, 1.82) is 0 Å². The van der Waals surface area contributed by atoms with Gasteiger partial charge >= 0.3 is 5.97 Å². The highest BCUT2D eigenvalue weighted by Crippen LogP contribution is 2.29. The Hall–Kier alpha value is -3.57. The third-order valence-corrected chi connectivity index (χ3v) is 6.67. The van der Waals surface area contributed by atoms with Crippen molar-refractivity contribution in [3.63, 3.8) is 0 Å². The van der Waals surface area contributed by atoms with Crippen molar-refractivity contribution in [2.24, 2.45) is 5.92 Å². The maximum atomic E-state index is 14.7. The van der Waals surface area contributed by atoms with E-state index in [4.69, 9.17) is 14.2 Å². The SMILES string of the molecule is COc1ccc2ncc(F)c(CCN3CCC(NCc4cc5c(cn4)OCCO5)C(C(=O)O)C3)c2n1. The lowest BCUT2D eigenvalue weighted by atomic mass is 9.91. The Labute approximate surface area is 207 Å². The molecule has 0 radical (unpaired) electrons. The molecule has 2 N–H and O–H groups in total. The van der Waals surface area contributed by atoms with Gasteiger partial charge in [-0.05, 0) is 25.5 Å². The molecule has 0 aromatic carbocycles. The van der Waals surface area contributed by atoms with Crippen LogP contribution in [0.2, 0.25) is 0 Å². The maximum absolute atomic E-state index is 14.7. The topological polar surface area (TPSA) is 119 Å². The van der Waals surface area contributed by atoms with Gasteiger partial charge in [-0.15, -0.1) is 0 Å². The number of rotatable bonds is 8. The average Bonchev–Trinajstić information content (AvgIpc) is 2.91. The number of aromatic nitrogens is 3. The smallest absolute Gasteiger partial charge is 0.309 e. The number of fused-ring (bicyclic) bond motifs is 2. The van der Waals surface area contributed by atoms with Crippen LogP contribution in [0, 0.1) is 11.7 Å². The largest absolute Gasteiger partial charge is 0.486 e. The fourth-order valence-electron chi connectivity index (χ4n) is 4.74. The highest BCUT2D eigenvalue weighted by Gasteiger charge is 2.34. The number of likely N-dealkylation sites (tertiary alicyclic amines) is 1. The third-order valence-electron chi connectivity index (χ3n) is 6.67. The lowest BCUT2D eigenvalue weighted by Gasteiger charge is -2.37. The molecule has 0 amide bonds. The summed E-state index contributed by atoms with van der Waals surface area (Å²) >= 11 is 0. The van der Waals surface area contributed by atoms with Crippen LogP contribution in [-0.4, -0.2) is 76.9 Å². The zero-order chi connectivity index (χ0) is 25.1. The molecule has 5 rings (SSSR count). The summed E-state index contributed by atoms with van der Waals surface area (Å²) in [5.74, 6) is -0.232. The Morgan fingerprint density at radius 3 is 2.89 bits per heavy atom. The van der Waals surface area contributed by atoms with E-state index in [2.05, 4.69) is 25.2 Å². The number of aliphatic carboxylic acids is 1. The highest BCUT2D eigenvalue weighted by molar-refractivity contribution is 5.78. The van der Waals surface area contributed by atoms with E-state index in [1.165, 1.54) is 13.3 Å². The number of nitrogens with one attached hydrogen (secondary N) is 1. The van der Waals surface area contributed by atoms with Crippen molar-refractivity contribution >= 4 is 17.0 Å². The summed E-state index contributed by atoms with van der Waals surface area (Å²) in [7, 11) is 1.51. The fourth-order valence-corrected chi connectivity index (χ4v) is 4.74. The number of hydrogen-bond acceptors (Lipinski definition) is 9. The Balaban J connectivity index is 1.22. The minimum Gasteiger partial charge on any atom is -0.486 e. The van der Waals surface area contributed by atoms with Crippen molar-refractivity contribution < 1.29 is 28.5 Å². The Morgan fingerprint density at radius 1 is 1.25 bits per heavy atom. The van der Waals surface area contributed by atoms with E-state index in [1.807, 2.05) is 6.07 Å². The number of halogens is 1. The predicted octanol–water partition coefficient (Wildman–Crippen LogP) is 2.05. The molecule has 1 fully saturated rings. The zero-order valence-corrected chi connectivity index (χ0v) is 19.9. The number of carbonyl (C=O) groups is 1.